The molecule has 0 bridgehead atoms. The second kappa shape index (κ2) is 7.91. The van der Waals surface area contributed by atoms with E-state index in [1.54, 1.807) is 48.5 Å². The van der Waals surface area contributed by atoms with Crippen LogP contribution in [0, 0.1) is 5.95 Å². The van der Waals surface area contributed by atoms with Crippen molar-refractivity contribution in [2.45, 2.75) is 23.6 Å². The summed E-state index contributed by atoms with van der Waals surface area (Å²) >= 11 is 0. The molecule has 2 N–H and O–H groups in total. The van der Waals surface area contributed by atoms with E-state index in [-0.39, 0.29) is 17.3 Å². The summed E-state index contributed by atoms with van der Waals surface area (Å²) in [6.45, 7) is 0. The maximum Gasteiger partial charge on any atom is 0.312 e. The average Bonchev–Trinajstić information content (AvgIpc) is 3.65. The van der Waals surface area contributed by atoms with E-state index in [0.717, 1.165) is 0 Å². The number of aromatic nitrogens is 1. The lowest BCUT2D eigenvalue weighted by Crippen LogP contribution is -2.41. The summed E-state index contributed by atoms with van der Waals surface area (Å²) in [5.74, 6) is -1.00. The predicted molar refractivity (Wildman–Crippen MR) is 124 cm³/mol. The first kappa shape index (κ1) is 22.0. The van der Waals surface area contributed by atoms with Crippen molar-refractivity contribution in [3.05, 3.63) is 83.9 Å². The number of benzene rings is 2. The summed E-state index contributed by atoms with van der Waals surface area (Å²) in [5.41, 5.74) is 6.02. The molecule has 1 aliphatic carbocycles. The molecule has 2 heterocycles. The minimum Gasteiger partial charge on any atom is -0.382 e. The van der Waals surface area contributed by atoms with Crippen LogP contribution in [0.2, 0.25) is 0 Å². The maximum atomic E-state index is 14.4. The van der Waals surface area contributed by atoms with Crippen LogP contribution in [0.1, 0.15) is 24.0 Å². The van der Waals surface area contributed by atoms with Crippen LogP contribution in [-0.4, -0.2) is 42.5 Å². The molecule has 1 aromatic heterocycles. The summed E-state index contributed by atoms with van der Waals surface area (Å²) in [6, 6.07) is 16.2. The smallest absolute Gasteiger partial charge is 0.312 e. The van der Waals surface area contributed by atoms with E-state index in [4.69, 9.17) is 9.92 Å². The zero-order valence-electron chi connectivity index (χ0n) is 18.2. The number of amides is 1. The molecule has 1 fully saturated rings. The van der Waals surface area contributed by atoms with Gasteiger partial charge in [0.2, 0.25) is 5.95 Å². The Bertz CT molecular complexity index is 1440. The number of guanidine groups is 1. The minimum absolute atomic E-state index is 0.000107. The second-order valence-electron chi connectivity index (χ2n) is 8.27. The Hall–Kier alpha value is -3.79. The molecule has 1 aliphatic heterocycles. The van der Waals surface area contributed by atoms with Gasteiger partial charge < -0.3 is 9.92 Å². The van der Waals surface area contributed by atoms with Crippen LogP contribution in [0.25, 0.3) is 11.1 Å². The van der Waals surface area contributed by atoms with Crippen molar-refractivity contribution in [1.29, 1.82) is 0 Å². The number of hydrogen-bond acceptors (Lipinski definition) is 7. The number of pyridine rings is 1. The quantitative estimate of drug-likeness (QED) is 0.429. The monoisotopic (exact) mass is 480 g/mol. The Balaban J connectivity index is 1.66. The molecular weight excluding hydrogens is 459 g/mol. The van der Waals surface area contributed by atoms with E-state index in [2.05, 4.69) is 9.98 Å². The number of aliphatic imine (C=N–C) groups is 1. The van der Waals surface area contributed by atoms with Gasteiger partial charge in [0.1, 0.15) is 5.75 Å². The van der Waals surface area contributed by atoms with Crippen molar-refractivity contribution in [1.82, 2.24) is 9.88 Å². The summed E-state index contributed by atoms with van der Waals surface area (Å²) in [6.07, 6.45) is 2.48. The highest BCUT2D eigenvalue weighted by atomic mass is 32.2. The van der Waals surface area contributed by atoms with E-state index in [0.29, 0.717) is 29.5 Å². The van der Waals surface area contributed by atoms with Crippen molar-refractivity contribution < 1.29 is 21.8 Å². The van der Waals surface area contributed by atoms with Gasteiger partial charge in [-0.3, -0.25) is 9.69 Å². The van der Waals surface area contributed by atoms with Gasteiger partial charge >= 0.3 is 10.1 Å². The molecule has 1 saturated carbocycles. The van der Waals surface area contributed by atoms with E-state index in [1.165, 1.54) is 30.3 Å². The molecule has 2 aromatic carbocycles. The van der Waals surface area contributed by atoms with Gasteiger partial charge in [-0.25, -0.2) is 9.98 Å². The zero-order chi connectivity index (χ0) is 24.1. The van der Waals surface area contributed by atoms with Gasteiger partial charge in [-0.15, -0.1) is 0 Å². The third kappa shape index (κ3) is 3.60. The second-order valence-corrected chi connectivity index (χ2v) is 10.1. The lowest BCUT2D eigenvalue weighted by atomic mass is 9.81. The topological polar surface area (TPSA) is 115 Å². The molecular formula is C24H21FN4O4S. The van der Waals surface area contributed by atoms with E-state index >= 15 is 0 Å². The SMILES string of the molecule is CN1C(=O)C(c2cccc(OS(=O)(=O)C3CC3)c2)(c2cccc(-c3cccnc3F)c2)N=C1N. The number of halogens is 1. The number of hydrogen-bond donors (Lipinski definition) is 1. The van der Waals surface area contributed by atoms with E-state index in [1.807, 2.05) is 0 Å². The Morgan fingerprint density at radius 1 is 1.09 bits per heavy atom. The molecule has 8 nitrogen and oxygen atoms in total. The molecule has 1 unspecified atom stereocenters. The summed E-state index contributed by atoms with van der Waals surface area (Å²) in [5, 5.41) is -0.510. The Morgan fingerprint density at radius 3 is 2.44 bits per heavy atom. The summed E-state index contributed by atoms with van der Waals surface area (Å²) in [7, 11) is -2.25. The standard InChI is InChI=1S/C24H21FN4O4S/c1-29-22(30)24(28-23(29)26,16-6-2-5-15(13-16)20-9-4-12-27-21(20)25)17-7-3-8-18(14-17)33-34(31,32)19-10-11-19/h2-9,12-14,19H,10-11H2,1H3,(H2,26,28). The molecule has 3 aromatic rings. The van der Waals surface area contributed by atoms with Gasteiger partial charge in [0, 0.05) is 18.8 Å². The number of rotatable bonds is 6. The molecule has 2 aliphatic rings. The lowest BCUT2D eigenvalue weighted by molar-refractivity contribution is -0.129. The van der Waals surface area contributed by atoms with Gasteiger partial charge in [-0.05, 0) is 59.9 Å². The van der Waals surface area contributed by atoms with Gasteiger partial charge in [-0.2, -0.15) is 12.8 Å². The number of nitrogens with two attached hydrogens (primary N) is 1. The third-order valence-corrected chi connectivity index (χ3v) is 7.70. The minimum atomic E-state index is -3.75. The molecule has 5 rings (SSSR count). The highest BCUT2D eigenvalue weighted by molar-refractivity contribution is 7.88. The number of likely N-dealkylation sites (N-methyl/N-ethyl adjacent to an activating group) is 1. The van der Waals surface area contributed by atoms with Gasteiger partial charge in [0.25, 0.3) is 5.91 Å². The average molecular weight is 481 g/mol. The van der Waals surface area contributed by atoms with Crippen LogP contribution < -0.4 is 9.92 Å². The highest BCUT2D eigenvalue weighted by Crippen LogP contribution is 2.42. The summed E-state index contributed by atoms with van der Waals surface area (Å²) in [4.78, 5) is 23.0. The number of carbonyl (C=O) groups excluding carboxylic acids is 1. The fourth-order valence-electron chi connectivity index (χ4n) is 4.03. The van der Waals surface area contributed by atoms with E-state index in [9.17, 15) is 17.6 Å². The maximum absolute atomic E-state index is 14.4. The molecule has 1 atom stereocenters. The first-order valence-corrected chi connectivity index (χ1v) is 12.1. The predicted octanol–water partition coefficient (Wildman–Crippen LogP) is 2.79. The zero-order valence-corrected chi connectivity index (χ0v) is 19.0. The van der Waals surface area contributed by atoms with Crippen LogP contribution in [-0.2, 0) is 20.5 Å². The Kier molecular flexibility index (Phi) is 5.12. The van der Waals surface area contributed by atoms with Crippen LogP contribution in [0.15, 0.2) is 71.9 Å². The summed E-state index contributed by atoms with van der Waals surface area (Å²) < 4.78 is 44.4. The molecule has 0 radical (unpaired) electrons. The van der Waals surface area contributed by atoms with Gasteiger partial charge in [0.15, 0.2) is 11.5 Å². The van der Waals surface area contributed by atoms with Crippen LogP contribution in [0.5, 0.6) is 5.75 Å². The third-order valence-electron chi connectivity index (χ3n) is 5.99. The normalized spacial score (nSPS) is 20.4. The Labute approximate surface area is 196 Å². The largest absolute Gasteiger partial charge is 0.382 e. The van der Waals surface area contributed by atoms with E-state index < -0.39 is 32.8 Å². The number of carbonyl (C=O) groups is 1. The van der Waals surface area contributed by atoms with Crippen molar-refractivity contribution in [3.63, 3.8) is 0 Å². The number of nitrogens with zero attached hydrogens (tertiary/aromatic N) is 3. The van der Waals surface area contributed by atoms with Crippen LogP contribution in [0.3, 0.4) is 0 Å². The Morgan fingerprint density at radius 2 is 1.79 bits per heavy atom. The lowest BCUT2D eigenvalue weighted by Gasteiger charge is -2.27. The molecule has 0 spiro atoms. The fourth-order valence-corrected chi connectivity index (χ4v) is 5.25. The van der Waals surface area contributed by atoms with Crippen molar-refractivity contribution in [2.75, 3.05) is 7.05 Å². The van der Waals surface area contributed by atoms with Gasteiger partial charge in [0.05, 0.1) is 5.25 Å². The molecule has 34 heavy (non-hydrogen) atoms. The van der Waals surface area contributed by atoms with Crippen molar-refractivity contribution in [2.24, 2.45) is 10.7 Å². The first-order valence-electron chi connectivity index (χ1n) is 10.6. The first-order chi connectivity index (χ1) is 16.2. The highest BCUT2D eigenvalue weighted by Gasteiger charge is 2.50. The molecule has 174 valence electrons. The van der Waals surface area contributed by atoms with Gasteiger partial charge in [-0.1, -0.05) is 30.3 Å². The van der Waals surface area contributed by atoms with Crippen molar-refractivity contribution >= 4 is 22.0 Å². The van der Waals surface area contributed by atoms with Crippen LogP contribution >= 0.6 is 0 Å². The van der Waals surface area contributed by atoms with Crippen LogP contribution in [0.4, 0.5) is 4.39 Å². The molecule has 10 heteroatoms. The van der Waals surface area contributed by atoms with Crippen molar-refractivity contribution in [3.8, 4) is 16.9 Å². The molecule has 1 amide bonds. The fraction of sp³-hybridized carbons (Fsp3) is 0.208. The molecule has 0 saturated heterocycles.